The molecule has 0 aromatic heterocycles. The van der Waals surface area contributed by atoms with Gasteiger partial charge in [0.25, 0.3) is 0 Å². The normalized spacial score (nSPS) is 34.3. The van der Waals surface area contributed by atoms with Crippen molar-refractivity contribution in [3.05, 3.63) is 6.92 Å². The van der Waals surface area contributed by atoms with E-state index in [-0.39, 0.29) is 0 Å². The summed E-state index contributed by atoms with van der Waals surface area (Å²) in [5.74, 6) is 0.699. The zero-order valence-electron chi connectivity index (χ0n) is 4.85. The maximum Gasteiger partial charge on any atom is -0.00442 e. The molecule has 0 amide bonds. The molecule has 0 bridgehead atoms. The Labute approximate surface area is 45.3 Å². The summed E-state index contributed by atoms with van der Waals surface area (Å²) in [5, 5.41) is 0. The summed E-state index contributed by atoms with van der Waals surface area (Å²) in [6.45, 7) is 6.38. The van der Waals surface area contributed by atoms with E-state index in [2.05, 4.69) is 18.9 Å². The Morgan fingerprint density at radius 1 is 1.71 bits per heavy atom. The van der Waals surface area contributed by atoms with Gasteiger partial charge in [-0.05, 0) is 20.1 Å². The minimum Gasteiger partial charge on any atom is -0.339 e. The van der Waals surface area contributed by atoms with Crippen LogP contribution in [0.25, 0.3) is 0 Å². The Balaban J connectivity index is 2.26. The van der Waals surface area contributed by atoms with Gasteiger partial charge in [0.05, 0.1) is 0 Å². The summed E-state index contributed by atoms with van der Waals surface area (Å²) in [7, 11) is 2.14. The second-order valence-electron chi connectivity index (χ2n) is 2.42. The van der Waals surface area contributed by atoms with Gasteiger partial charge in [-0.2, -0.15) is 5.92 Å². The van der Waals surface area contributed by atoms with Crippen molar-refractivity contribution in [1.29, 1.82) is 0 Å². The third-order valence-corrected chi connectivity index (χ3v) is 1.49. The van der Waals surface area contributed by atoms with E-state index in [0.717, 1.165) is 0 Å². The van der Waals surface area contributed by atoms with Crippen molar-refractivity contribution >= 4 is 0 Å². The Morgan fingerprint density at radius 3 is 2.57 bits per heavy atom. The maximum atomic E-state index is 3.95. The van der Waals surface area contributed by atoms with E-state index in [1.165, 1.54) is 19.5 Å². The quantitative estimate of drug-likeness (QED) is 0.404. The summed E-state index contributed by atoms with van der Waals surface area (Å²) < 4.78 is 0. The van der Waals surface area contributed by atoms with Gasteiger partial charge in [0.2, 0.25) is 0 Å². The Kier molecular flexibility index (Phi) is 1.33. The average molecular weight is 98.2 g/mol. The summed E-state index contributed by atoms with van der Waals surface area (Å²) in [6.07, 6.45) is 1.29. The van der Waals surface area contributed by atoms with E-state index >= 15 is 0 Å². The van der Waals surface area contributed by atoms with E-state index in [1.807, 2.05) is 0 Å². The summed E-state index contributed by atoms with van der Waals surface area (Å²) >= 11 is 0. The van der Waals surface area contributed by atoms with Crippen LogP contribution in [0, 0.1) is 12.8 Å². The molecule has 0 spiro atoms. The molecule has 1 heteroatoms. The average Bonchev–Trinajstić information content (AvgIpc) is 1.87. The van der Waals surface area contributed by atoms with Crippen molar-refractivity contribution in [2.24, 2.45) is 5.92 Å². The highest BCUT2D eigenvalue weighted by Gasteiger charge is 2.08. The zero-order chi connectivity index (χ0) is 5.28. The molecule has 0 N–H and O–H groups in total. The van der Waals surface area contributed by atoms with Crippen LogP contribution in [0.15, 0.2) is 0 Å². The highest BCUT2D eigenvalue weighted by atomic mass is 15.1. The Hall–Kier alpha value is -0.0400. The lowest BCUT2D eigenvalue weighted by Gasteiger charge is -2.07. The topological polar surface area (TPSA) is 3.24 Å². The van der Waals surface area contributed by atoms with Crippen LogP contribution in [0.4, 0.5) is 0 Å². The van der Waals surface area contributed by atoms with Crippen LogP contribution < -0.4 is 0 Å². The van der Waals surface area contributed by atoms with Gasteiger partial charge >= 0.3 is 0 Å². The molecule has 1 nitrogen and oxygen atoms in total. The van der Waals surface area contributed by atoms with E-state index in [4.69, 9.17) is 0 Å². The van der Waals surface area contributed by atoms with Crippen molar-refractivity contribution in [3.63, 3.8) is 0 Å². The Bertz CT molecular complexity index is 53.2. The van der Waals surface area contributed by atoms with Gasteiger partial charge in [0.1, 0.15) is 0 Å². The third kappa shape index (κ3) is 1.16. The molecule has 0 unspecified atom stereocenters. The third-order valence-electron chi connectivity index (χ3n) is 1.49. The van der Waals surface area contributed by atoms with Gasteiger partial charge in [0.15, 0.2) is 0 Å². The first kappa shape index (κ1) is 5.10. The molecular weight excluding hydrogens is 86.1 g/mol. The smallest absolute Gasteiger partial charge is 0.00442 e. The van der Waals surface area contributed by atoms with Crippen molar-refractivity contribution in [2.75, 3.05) is 20.1 Å². The lowest BCUT2D eigenvalue weighted by atomic mass is 10.2. The van der Waals surface area contributed by atoms with Crippen LogP contribution in [0.1, 0.15) is 6.42 Å². The number of rotatable bonds is 0. The predicted molar refractivity (Wildman–Crippen MR) is 31.0 cm³/mol. The lowest BCUT2D eigenvalue weighted by Crippen LogP contribution is -2.12. The van der Waals surface area contributed by atoms with Gasteiger partial charge < -0.3 is 11.8 Å². The molecule has 0 aromatic carbocycles. The zero-order valence-corrected chi connectivity index (χ0v) is 4.85. The second kappa shape index (κ2) is 1.83. The van der Waals surface area contributed by atoms with E-state index in [1.54, 1.807) is 0 Å². The number of likely N-dealkylation sites (tertiary alicyclic amines) is 1. The molecule has 1 atom stereocenters. The molecule has 0 saturated carbocycles. The molecule has 0 radical (unpaired) electrons. The first-order valence-electron chi connectivity index (χ1n) is 2.80. The molecule has 1 aliphatic heterocycles. The molecule has 0 aliphatic carbocycles. The summed E-state index contributed by atoms with van der Waals surface area (Å²) in [4.78, 5) is 2.32. The minimum atomic E-state index is 0.699. The number of nitrogens with zero attached hydrogens (tertiary/aromatic N) is 1. The van der Waals surface area contributed by atoms with Crippen LogP contribution in [0.5, 0.6) is 0 Å². The molecule has 1 heterocycles. The molecule has 1 rings (SSSR count). The van der Waals surface area contributed by atoms with Crippen LogP contribution in [0.3, 0.4) is 0 Å². The fourth-order valence-corrected chi connectivity index (χ4v) is 1.03. The largest absolute Gasteiger partial charge is 0.339 e. The van der Waals surface area contributed by atoms with Crippen LogP contribution >= 0.6 is 0 Å². The maximum absolute atomic E-state index is 3.95. The van der Waals surface area contributed by atoms with Crippen LogP contribution in [-0.2, 0) is 0 Å². The van der Waals surface area contributed by atoms with Crippen LogP contribution in [-0.4, -0.2) is 25.0 Å². The number of hydrogen-bond acceptors (Lipinski definition) is 1. The fraction of sp³-hybridized carbons (Fsp3) is 0.833. The van der Waals surface area contributed by atoms with Gasteiger partial charge in [0, 0.05) is 0 Å². The fourth-order valence-electron chi connectivity index (χ4n) is 1.03. The molecule has 0 aromatic rings. The van der Waals surface area contributed by atoms with Crippen LogP contribution in [0.2, 0.25) is 0 Å². The summed E-state index contributed by atoms with van der Waals surface area (Å²) in [6, 6.07) is 0. The van der Waals surface area contributed by atoms with E-state index < -0.39 is 0 Å². The van der Waals surface area contributed by atoms with E-state index in [9.17, 15) is 0 Å². The highest BCUT2D eigenvalue weighted by molar-refractivity contribution is 4.73. The molecule has 42 valence electrons. The lowest BCUT2D eigenvalue weighted by molar-refractivity contribution is 0.407. The van der Waals surface area contributed by atoms with Gasteiger partial charge in [-0.25, -0.2) is 0 Å². The first-order chi connectivity index (χ1) is 3.29. The molecular formula is C6H12N-. The van der Waals surface area contributed by atoms with Crippen molar-refractivity contribution in [2.45, 2.75) is 6.42 Å². The van der Waals surface area contributed by atoms with Gasteiger partial charge in [-0.15, -0.1) is 0 Å². The van der Waals surface area contributed by atoms with E-state index in [0.29, 0.717) is 5.92 Å². The predicted octanol–water partition coefficient (Wildman–Crippen LogP) is 0.772. The SMILES string of the molecule is [CH2-][C@H]1CCN(C)C1. The van der Waals surface area contributed by atoms with Gasteiger partial charge in [-0.3, -0.25) is 0 Å². The second-order valence-corrected chi connectivity index (χ2v) is 2.42. The van der Waals surface area contributed by atoms with Crippen molar-refractivity contribution in [3.8, 4) is 0 Å². The molecule has 1 fully saturated rings. The monoisotopic (exact) mass is 98.1 g/mol. The standard InChI is InChI=1S/C6H12N/c1-6-3-4-7(2)5-6/h6H,1,3-5H2,2H3/q-1/t6-/m0/s1. The molecule has 7 heavy (non-hydrogen) atoms. The van der Waals surface area contributed by atoms with Gasteiger partial charge in [-0.1, -0.05) is 6.42 Å². The highest BCUT2D eigenvalue weighted by Crippen LogP contribution is 2.11. The molecule has 1 aliphatic rings. The Morgan fingerprint density at radius 2 is 2.43 bits per heavy atom. The van der Waals surface area contributed by atoms with Crippen molar-refractivity contribution < 1.29 is 0 Å². The summed E-state index contributed by atoms with van der Waals surface area (Å²) in [5.41, 5.74) is 0. The number of hydrogen-bond donors (Lipinski definition) is 0. The minimum absolute atomic E-state index is 0.699. The first-order valence-corrected chi connectivity index (χ1v) is 2.80. The molecule has 1 saturated heterocycles. The van der Waals surface area contributed by atoms with Crippen molar-refractivity contribution in [1.82, 2.24) is 4.90 Å².